The summed E-state index contributed by atoms with van der Waals surface area (Å²) < 4.78 is 0. The number of nitrogens with one attached hydrogen (secondary N) is 12. The van der Waals surface area contributed by atoms with Gasteiger partial charge in [0.15, 0.2) is 0 Å². The Morgan fingerprint density at radius 3 is 1.56 bits per heavy atom. The SMILES string of the molecule is CC(C)C[C@@H]1NC(=O)[C@@H](Cc2ccccc2)NC(=O)[C@H](CCN)NC(=O)[C@@H](NC(=O)[C@H](CCN)NC(=O)[C@@H](NC(=O)[C@H](CCN)NC(=O)Nc2ccccc2Cl)C(C)O)CCNC(=O)C(C(C)O)NC(=O)[C@H](CCN)NC(=O)[C@H](CCN)NC1=O. The predicted octanol–water partition coefficient (Wildman–Crippen LogP) is -5.49. The van der Waals surface area contributed by atoms with E-state index in [-0.39, 0.29) is 94.3 Å². The molecule has 0 aliphatic carbocycles. The largest absolute Gasteiger partial charge is 0.391 e. The second-order valence-corrected chi connectivity index (χ2v) is 21.2. The molecule has 1 saturated heterocycles. The summed E-state index contributed by atoms with van der Waals surface area (Å²) in [7, 11) is 0. The van der Waals surface area contributed by atoms with E-state index in [0.29, 0.717) is 5.56 Å². The number of hydrogen-bond donors (Lipinski definition) is 19. The van der Waals surface area contributed by atoms with Gasteiger partial charge in [-0.15, -0.1) is 0 Å². The summed E-state index contributed by atoms with van der Waals surface area (Å²) in [5, 5.41) is 52.0. The average Bonchev–Trinajstić information content (AvgIpc) is 3.57. The highest BCUT2D eigenvalue weighted by Crippen LogP contribution is 2.20. The van der Waals surface area contributed by atoms with Crippen LogP contribution in [-0.2, 0) is 54.4 Å². The van der Waals surface area contributed by atoms with Crippen molar-refractivity contribution in [2.24, 2.45) is 34.6 Å². The molecular formula is C54H86ClN17O13. The fourth-order valence-corrected chi connectivity index (χ4v) is 8.93. The maximum atomic E-state index is 14.5. The fraction of sp³-hybridized carbons (Fsp3) is 0.574. The van der Waals surface area contributed by atoms with Gasteiger partial charge in [-0.25, -0.2) is 4.79 Å². The van der Waals surface area contributed by atoms with Gasteiger partial charge in [0, 0.05) is 13.0 Å². The third-order valence-corrected chi connectivity index (χ3v) is 13.6. The number of aliphatic hydroxyl groups is 2. The molecule has 2 aromatic rings. The number of benzene rings is 2. The Morgan fingerprint density at radius 1 is 0.565 bits per heavy atom. The van der Waals surface area contributed by atoms with Gasteiger partial charge in [0.05, 0.1) is 22.9 Å². The number of hydrogen-bond acceptors (Lipinski definition) is 18. The lowest BCUT2D eigenvalue weighted by Crippen LogP contribution is -2.62. The van der Waals surface area contributed by atoms with Crippen LogP contribution in [0.25, 0.3) is 0 Å². The van der Waals surface area contributed by atoms with Gasteiger partial charge in [0.2, 0.25) is 59.1 Å². The molecule has 0 spiro atoms. The highest BCUT2D eigenvalue weighted by molar-refractivity contribution is 6.33. The molecule has 0 aromatic heterocycles. The van der Waals surface area contributed by atoms with Crippen LogP contribution in [0.15, 0.2) is 54.6 Å². The minimum Gasteiger partial charge on any atom is -0.391 e. The number of carbonyl (C=O) groups is 11. The van der Waals surface area contributed by atoms with E-state index in [0.717, 1.165) is 0 Å². The average molecular weight is 1220 g/mol. The molecular weight excluding hydrogens is 1130 g/mol. The molecule has 24 N–H and O–H groups in total. The van der Waals surface area contributed by atoms with Crippen LogP contribution < -0.4 is 92.5 Å². The smallest absolute Gasteiger partial charge is 0.319 e. The number of anilines is 1. The molecule has 1 aliphatic rings. The molecule has 31 heteroatoms. The van der Waals surface area contributed by atoms with Gasteiger partial charge >= 0.3 is 6.03 Å². The second kappa shape index (κ2) is 37.0. The molecule has 2 aromatic carbocycles. The summed E-state index contributed by atoms with van der Waals surface area (Å²) in [6.07, 6.45) is -4.78. The lowest BCUT2D eigenvalue weighted by molar-refractivity contribution is -0.136. The first-order chi connectivity index (χ1) is 40.4. The summed E-state index contributed by atoms with van der Waals surface area (Å²) in [6.45, 7) is 4.59. The molecule has 12 atom stereocenters. The standard InChI is InChI=1S/C54H86ClN17O13/c1-28(2)26-40-50(81)64-34(14-20-56)44(75)63-37(17-23-59)48(79)71-42(29(3)73)52(83)61-25-19-39(47(78)62-35(15-21-57)46(77)68-41(51(82)67-40)27-31-10-6-5-7-11-31)65-45(76)36(16-22-58)66-53(84)43(30(4)74)72-49(80)38(18-24-60)70-54(85)69-33-13-9-8-12-32(33)55/h5-13,28-30,34-43,73-74H,14-27,56-60H2,1-4H3,(H,61,83)(H,62,78)(H,63,75)(H,64,81)(H,65,76)(H,66,84)(H,67,82)(H,68,77)(H,71,79)(H,72,80)(H2,69,70,85)/t29?,30?,34-,35-,36-,37-,38-,39-,40-,41+,42?,43-/m0/s1. The highest BCUT2D eigenvalue weighted by atomic mass is 35.5. The Bertz CT molecular complexity index is 2570. The maximum Gasteiger partial charge on any atom is 0.319 e. The molecule has 3 unspecified atom stereocenters. The highest BCUT2D eigenvalue weighted by Gasteiger charge is 2.37. The molecule has 0 radical (unpaired) electrons. The first kappa shape index (κ1) is 71.7. The van der Waals surface area contributed by atoms with Crippen molar-refractivity contribution in [2.45, 2.75) is 152 Å². The molecule has 1 fully saturated rings. The van der Waals surface area contributed by atoms with E-state index in [1.54, 1.807) is 56.3 Å². The van der Waals surface area contributed by atoms with E-state index < -0.39 is 151 Å². The van der Waals surface area contributed by atoms with Gasteiger partial charge in [-0.3, -0.25) is 47.9 Å². The number of urea groups is 1. The van der Waals surface area contributed by atoms with Gasteiger partial charge in [-0.05, 0) is 115 Å². The summed E-state index contributed by atoms with van der Waals surface area (Å²) in [4.78, 5) is 154. The Morgan fingerprint density at radius 2 is 1.05 bits per heavy atom. The Hall–Kier alpha value is -7.58. The monoisotopic (exact) mass is 1220 g/mol. The van der Waals surface area contributed by atoms with Crippen molar-refractivity contribution in [1.29, 1.82) is 0 Å². The molecule has 0 saturated carbocycles. The van der Waals surface area contributed by atoms with Crippen molar-refractivity contribution >= 4 is 82.4 Å². The predicted molar refractivity (Wildman–Crippen MR) is 314 cm³/mol. The van der Waals surface area contributed by atoms with Gasteiger partial charge < -0.3 is 103 Å². The van der Waals surface area contributed by atoms with Crippen molar-refractivity contribution in [3.05, 3.63) is 65.2 Å². The first-order valence-corrected chi connectivity index (χ1v) is 28.5. The minimum absolute atomic E-state index is 0.0369. The summed E-state index contributed by atoms with van der Waals surface area (Å²) in [5.41, 5.74) is 30.1. The van der Waals surface area contributed by atoms with Crippen LogP contribution in [0.4, 0.5) is 10.5 Å². The summed E-state index contributed by atoms with van der Waals surface area (Å²) in [6, 6.07) is -1.22. The quantitative estimate of drug-likeness (QED) is 0.0466. The number of nitrogens with two attached hydrogens (primary N) is 5. The number of aliphatic hydroxyl groups excluding tert-OH is 2. The Labute approximate surface area is 498 Å². The van der Waals surface area contributed by atoms with E-state index in [1.807, 2.05) is 0 Å². The molecule has 3 rings (SSSR count). The number of halogens is 1. The molecule has 12 amide bonds. The zero-order chi connectivity index (χ0) is 63.3. The van der Waals surface area contributed by atoms with E-state index >= 15 is 0 Å². The fourth-order valence-electron chi connectivity index (χ4n) is 8.75. The topological polar surface area (TPSA) is 503 Å². The van der Waals surface area contributed by atoms with Crippen molar-refractivity contribution < 1.29 is 63.0 Å². The molecule has 85 heavy (non-hydrogen) atoms. The van der Waals surface area contributed by atoms with Crippen molar-refractivity contribution in [3.8, 4) is 0 Å². The van der Waals surface area contributed by atoms with Crippen LogP contribution in [0.1, 0.15) is 78.2 Å². The van der Waals surface area contributed by atoms with Crippen LogP contribution in [0.3, 0.4) is 0 Å². The molecule has 0 bridgehead atoms. The van der Waals surface area contributed by atoms with Gasteiger partial charge in [-0.1, -0.05) is 67.9 Å². The number of carbonyl (C=O) groups excluding carboxylic acids is 11. The van der Waals surface area contributed by atoms with E-state index in [9.17, 15) is 63.0 Å². The third kappa shape index (κ3) is 24.1. The minimum atomic E-state index is -1.77. The number of para-hydroxylation sites is 1. The van der Waals surface area contributed by atoms with Gasteiger partial charge in [0.25, 0.3) is 0 Å². The number of amides is 12. The zero-order valence-corrected chi connectivity index (χ0v) is 49.0. The normalized spacial score (nSPS) is 22.4. The summed E-state index contributed by atoms with van der Waals surface area (Å²) >= 11 is 6.16. The lowest BCUT2D eigenvalue weighted by Gasteiger charge is -2.29. The van der Waals surface area contributed by atoms with E-state index in [2.05, 4.69) is 63.8 Å². The Kier molecular flexibility index (Phi) is 31.2. The van der Waals surface area contributed by atoms with Crippen LogP contribution >= 0.6 is 11.6 Å². The van der Waals surface area contributed by atoms with E-state index in [1.165, 1.54) is 26.0 Å². The zero-order valence-electron chi connectivity index (χ0n) is 48.3. The van der Waals surface area contributed by atoms with Crippen LogP contribution in [0.5, 0.6) is 0 Å². The maximum absolute atomic E-state index is 14.5. The van der Waals surface area contributed by atoms with Crippen molar-refractivity contribution in [2.75, 3.05) is 44.6 Å². The van der Waals surface area contributed by atoms with Crippen molar-refractivity contribution in [3.63, 3.8) is 0 Å². The van der Waals surface area contributed by atoms with Gasteiger partial charge in [-0.2, -0.15) is 0 Å². The molecule has 1 heterocycles. The third-order valence-electron chi connectivity index (χ3n) is 13.3. The molecule has 30 nitrogen and oxygen atoms in total. The van der Waals surface area contributed by atoms with Crippen LogP contribution in [0, 0.1) is 5.92 Å². The van der Waals surface area contributed by atoms with E-state index in [4.69, 9.17) is 40.3 Å². The van der Waals surface area contributed by atoms with Gasteiger partial charge in [0.1, 0.15) is 60.4 Å². The van der Waals surface area contributed by atoms with Crippen molar-refractivity contribution in [1.82, 2.24) is 58.5 Å². The first-order valence-electron chi connectivity index (χ1n) is 28.1. The summed E-state index contributed by atoms with van der Waals surface area (Å²) in [5.74, 6) is -9.81. The molecule has 1 aliphatic heterocycles. The number of rotatable bonds is 24. The van der Waals surface area contributed by atoms with Crippen LogP contribution in [-0.4, -0.2) is 187 Å². The van der Waals surface area contributed by atoms with Crippen LogP contribution in [0.2, 0.25) is 5.02 Å². The molecule has 472 valence electrons. The second-order valence-electron chi connectivity index (χ2n) is 20.8. The lowest BCUT2D eigenvalue weighted by atomic mass is 10.00. The Balaban J connectivity index is 2.08.